The van der Waals surface area contributed by atoms with Crippen molar-refractivity contribution in [3.8, 4) is 5.75 Å². The lowest BCUT2D eigenvalue weighted by atomic mass is 9.90. The summed E-state index contributed by atoms with van der Waals surface area (Å²) < 4.78 is 10.9. The SMILES string of the molecule is O=C(COC(=O)c1c2c(nc3ccccc13)CCCC2)NCCOc1ccccc1. The minimum absolute atomic E-state index is 0.324. The van der Waals surface area contributed by atoms with Gasteiger partial charge >= 0.3 is 5.97 Å². The van der Waals surface area contributed by atoms with Crippen LogP contribution in [0.25, 0.3) is 10.9 Å². The monoisotopic (exact) mass is 404 g/mol. The van der Waals surface area contributed by atoms with Crippen LogP contribution >= 0.6 is 0 Å². The Labute approximate surface area is 175 Å². The second kappa shape index (κ2) is 9.39. The quantitative estimate of drug-likeness (QED) is 0.482. The number of rotatable bonds is 7. The van der Waals surface area contributed by atoms with Crippen LogP contribution in [0.15, 0.2) is 54.6 Å². The molecule has 1 N–H and O–H groups in total. The first-order chi connectivity index (χ1) is 14.7. The molecule has 0 unspecified atom stereocenters. The van der Waals surface area contributed by atoms with Crippen LogP contribution in [0.5, 0.6) is 5.75 Å². The molecule has 1 aromatic heterocycles. The predicted octanol–water partition coefficient (Wildman–Crippen LogP) is 3.47. The van der Waals surface area contributed by atoms with Gasteiger partial charge in [0.1, 0.15) is 12.4 Å². The summed E-state index contributed by atoms with van der Waals surface area (Å²) in [5.41, 5.74) is 3.26. The van der Waals surface area contributed by atoms with E-state index in [9.17, 15) is 9.59 Å². The molecule has 0 bridgehead atoms. The molecule has 0 saturated heterocycles. The van der Waals surface area contributed by atoms with E-state index >= 15 is 0 Å². The van der Waals surface area contributed by atoms with Crippen molar-refractivity contribution in [1.82, 2.24) is 10.3 Å². The molecule has 4 rings (SSSR count). The van der Waals surface area contributed by atoms with Gasteiger partial charge in [0.2, 0.25) is 0 Å². The summed E-state index contributed by atoms with van der Waals surface area (Å²) in [6, 6.07) is 17.0. The van der Waals surface area contributed by atoms with Crippen molar-refractivity contribution in [2.75, 3.05) is 19.8 Å². The van der Waals surface area contributed by atoms with Gasteiger partial charge in [0, 0.05) is 11.1 Å². The molecule has 0 aliphatic heterocycles. The Hall–Kier alpha value is -3.41. The van der Waals surface area contributed by atoms with Crippen molar-refractivity contribution in [2.45, 2.75) is 25.7 Å². The van der Waals surface area contributed by atoms with E-state index in [0.29, 0.717) is 18.7 Å². The summed E-state index contributed by atoms with van der Waals surface area (Å²) in [5.74, 6) is -0.0813. The smallest absolute Gasteiger partial charge is 0.339 e. The number of aromatic nitrogens is 1. The second-order valence-electron chi connectivity index (χ2n) is 7.22. The number of hydrogen-bond acceptors (Lipinski definition) is 5. The number of esters is 1. The van der Waals surface area contributed by atoms with Crippen molar-refractivity contribution in [1.29, 1.82) is 0 Å². The number of benzene rings is 2. The molecule has 2 aromatic carbocycles. The number of ether oxygens (including phenoxy) is 2. The standard InChI is InChI=1S/C24H24N2O4/c27-22(25-14-15-29-17-8-2-1-3-9-17)16-30-24(28)23-18-10-4-6-12-20(18)26-21-13-7-5-11-19(21)23/h1-4,6,8-10,12H,5,7,11,13-16H2,(H,25,27). The minimum atomic E-state index is -0.470. The average molecular weight is 404 g/mol. The van der Waals surface area contributed by atoms with Crippen LogP contribution in [0.3, 0.4) is 0 Å². The molecule has 1 aliphatic rings. The molecule has 30 heavy (non-hydrogen) atoms. The maximum Gasteiger partial charge on any atom is 0.339 e. The van der Waals surface area contributed by atoms with Crippen LogP contribution in [0.1, 0.15) is 34.5 Å². The molecular weight excluding hydrogens is 380 g/mol. The topological polar surface area (TPSA) is 77.5 Å². The summed E-state index contributed by atoms with van der Waals surface area (Å²) in [6.07, 6.45) is 3.76. The Morgan fingerprint density at radius 3 is 2.60 bits per heavy atom. The van der Waals surface area contributed by atoms with Crippen LogP contribution in [0.4, 0.5) is 0 Å². The van der Waals surface area contributed by atoms with E-state index in [1.807, 2.05) is 54.6 Å². The highest BCUT2D eigenvalue weighted by Crippen LogP contribution is 2.29. The first kappa shape index (κ1) is 19.9. The lowest BCUT2D eigenvalue weighted by Gasteiger charge is -2.19. The van der Waals surface area contributed by atoms with Crippen molar-refractivity contribution in [2.24, 2.45) is 0 Å². The second-order valence-corrected chi connectivity index (χ2v) is 7.22. The average Bonchev–Trinajstić information content (AvgIpc) is 2.79. The van der Waals surface area contributed by atoms with E-state index in [-0.39, 0.29) is 12.5 Å². The van der Waals surface area contributed by atoms with Gasteiger partial charge in [-0.25, -0.2) is 4.79 Å². The minimum Gasteiger partial charge on any atom is -0.492 e. The third-order valence-electron chi connectivity index (χ3n) is 5.14. The Balaban J connectivity index is 1.36. The zero-order valence-corrected chi connectivity index (χ0v) is 16.7. The Kier molecular flexibility index (Phi) is 6.23. The van der Waals surface area contributed by atoms with E-state index in [2.05, 4.69) is 5.32 Å². The third kappa shape index (κ3) is 4.59. The molecule has 0 radical (unpaired) electrons. The Morgan fingerprint density at radius 2 is 1.73 bits per heavy atom. The normalized spacial score (nSPS) is 12.8. The van der Waals surface area contributed by atoms with Crippen LogP contribution in [0, 0.1) is 0 Å². The van der Waals surface area contributed by atoms with E-state index in [1.54, 1.807) is 0 Å². The number of fused-ring (bicyclic) bond motifs is 2. The molecule has 6 heteroatoms. The molecule has 1 amide bonds. The van der Waals surface area contributed by atoms with E-state index in [4.69, 9.17) is 14.5 Å². The van der Waals surface area contributed by atoms with Gasteiger partial charge in [0.05, 0.1) is 17.6 Å². The van der Waals surface area contributed by atoms with Crippen molar-refractivity contribution >= 4 is 22.8 Å². The van der Waals surface area contributed by atoms with Crippen LogP contribution < -0.4 is 10.1 Å². The highest BCUT2D eigenvalue weighted by molar-refractivity contribution is 6.05. The third-order valence-corrected chi connectivity index (χ3v) is 5.14. The van der Waals surface area contributed by atoms with E-state index in [0.717, 1.165) is 53.6 Å². The molecule has 0 atom stereocenters. The van der Waals surface area contributed by atoms with Gasteiger partial charge in [0.15, 0.2) is 6.61 Å². The fraction of sp³-hybridized carbons (Fsp3) is 0.292. The number of aryl methyl sites for hydroxylation is 1. The van der Waals surface area contributed by atoms with Gasteiger partial charge in [-0.1, -0.05) is 36.4 Å². The zero-order chi connectivity index (χ0) is 20.8. The summed E-state index contributed by atoms with van der Waals surface area (Å²) in [4.78, 5) is 29.7. The van der Waals surface area contributed by atoms with Gasteiger partial charge in [-0.15, -0.1) is 0 Å². The largest absolute Gasteiger partial charge is 0.492 e. The fourth-order valence-electron chi connectivity index (χ4n) is 3.74. The van der Waals surface area contributed by atoms with Crippen LogP contribution in [-0.4, -0.2) is 36.6 Å². The molecule has 1 aliphatic carbocycles. The Morgan fingerprint density at radius 1 is 0.967 bits per heavy atom. The number of carbonyl (C=O) groups is 2. The molecule has 1 heterocycles. The number of nitrogens with zero attached hydrogens (tertiary/aromatic N) is 1. The highest BCUT2D eigenvalue weighted by Gasteiger charge is 2.24. The Bertz CT molecular complexity index is 1050. The molecule has 6 nitrogen and oxygen atoms in total. The summed E-state index contributed by atoms with van der Waals surface area (Å²) in [6.45, 7) is 0.348. The molecular formula is C24H24N2O4. The molecule has 3 aromatic rings. The van der Waals surface area contributed by atoms with Crippen LogP contribution in [-0.2, 0) is 22.4 Å². The number of hydrogen-bond donors (Lipinski definition) is 1. The van der Waals surface area contributed by atoms with Gasteiger partial charge in [-0.3, -0.25) is 9.78 Å². The summed E-state index contributed by atoms with van der Waals surface area (Å²) in [5, 5.41) is 3.48. The van der Waals surface area contributed by atoms with Gasteiger partial charge in [-0.05, 0) is 49.4 Å². The maximum absolute atomic E-state index is 12.9. The number of pyridine rings is 1. The molecule has 0 fully saturated rings. The highest BCUT2D eigenvalue weighted by atomic mass is 16.5. The zero-order valence-electron chi connectivity index (χ0n) is 16.7. The van der Waals surface area contributed by atoms with Gasteiger partial charge < -0.3 is 14.8 Å². The van der Waals surface area contributed by atoms with Crippen molar-refractivity contribution in [3.63, 3.8) is 0 Å². The van der Waals surface area contributed by atoms with E-state index < -0.39 is 5.97 Å². The van der Waals surface area contributed by atoms with Crippen molar-refractivity contribution < 1.29 is 19.1 Å². The van der Waals surface area contributed by atoms with Crippen LogP contribution in [0.2, 0.25) is 0 Å². The first-order valence-electron chi connectivity index (χ1n) is 10.2. The lowest BCUT2D eigenvalue weighted by molar-refractivity contribution is -0.124. The fourth-order valence-corrected chi connectivity index (χ4v) is 3.74. The van der Waals surface area contributed by atoms with E-state index in [1.165, 1.54) is 0 Å². The summed E-state index contributed by atoms with van der Waals surface area (Å²) >= 11 is 0. The molecule has 0 saturated carbocycles. The number of amides is 1. The molecule has 0 spiro atoms. The van der Waals surface area contributed by atoms with Gasteiger partial charge in [-0.2, -0.15) is 0 Å². The lowest BCUT2D eigenvalue weighted by Crippen LogP contribution is -2.32. The number of carbonyl (C=O) groups excluding carboxylic acids is 2. The van der Waals surface area contributed by atoms with Crippen molar-refractivity contribution in [3.05, 3.63) is 71.4 Å². The summed E-state index contributed by atoms with van der Waals surface area (Å²) in [7, 11) is 0. The predicted molar refractivity (Wildman–Crippen MR) is 114 cm³/mol. The number of nitrogens with one attached hydrogen (secondary N) is 1. The first-order valence-corrected chi connectivity index (χ1v) is 10.2. The number of para-hydroxylation sites is 2. The van der Waals surface area contributed by atoms with Gasteiger partial charge in [0.25, 0.3) is 5.91 Å². The molecule has 154 valence electrons. The maximum atomic E-state index is 12.9.